The van der Waals surface area contributed by atoms with Gasteiger partial charge in [0.2, 0.25) is 0 Å². The smallest absolute Gasteiger partial charge is 0.258 e. The van der Waals surface area contributed by atoms with Crippen LogP contribution >= 0.6 is 0 Å². The Morgan fingerprint density at radius 1 is 0.841 bits per heavy atom. The van der Waals surface area contributed by atoms with Crippen molar-refractivity contribution in [1.82, 2.24) is 15.1 Å². The van der Waals surface area contributed by atoms with E-state index in [1.807, 2.05) is 78.9 Å². The van der Waals surface area contributed by atoms with E-state index in [1.54, 1.807) is 6.07 Å². The summed E-state index contributed by atoms with van der Waals surface area (Å²) in [5.41, 5.74) is 7.20. The maximum atomic E-state index is 13.6. The number of anilines is 2. The zero-order valence-corrected chi connectivity index (χ0v) is 25.3. The molecule has 6 rings (SSSR count). The molecule has 2 amide bonds. The largest absolute Gasteiger partial charge is 0.354 e. The molecule has 0 saturated carbocycles. The van der Waals surface area contributed by atoms with Crippen molar-refractivity contribution in [2.24, 2.45) is 0 Å². The quantitative estimate of drug-likeness (QED) is 0.203. The molecule has 0 unspecified atom stereocenters. The predicted molar refractivity (Wildman–Crippen MR) is 178 cm³/mol. The van der Waals surface area contributed by atoms with E-state index in [0.29, 0.717) is 28.1 Å². The number of carbonyl (C=O) groups excluding carboxylic acids is 2. The van der Waals surface area contributed by atoms with Crippen LogP contribution in [0.25, 0.3) is 11.3 Å². The summed E-state index contributed by atoms with van der Waals surface area (Å²) in [6.45, 7) is 7.17. The van der Waals surface area contributed by atoms with E-state index in [-0.39, 0.29) is 17.9 Å². The number of amides is 2. The van der Waals surface area contributed by atoms with Gasteiger partial charge in [0.15, 0.2) is 0 Å². The van der Waals surface area contributed by atoms with E-state index in [4.69, 9.17) is 0 Å². The van der Waals surface area contributed by atoms with Gasteiger partial charge in [-0.2, -0.15) is 0 Å². The molecule has 3 N–H and O–H groups in total. The molecule has 2 heterocycles. The van der Waals surface area contributed by atoms with E-state index >= 15 is 0 Å². The van der Waals surface area contributed by atoms with Crippen LogP contribution in [0.4, 0.5) is 11.4 Å². The standard InChI is InChI=1S/C37H39N5O2/c1-3-32(27-12-6-4-7-13-27)39-36(43)29-17-18-33-31(24-29)34(37(44)40-33)35(28-14-8-5-9-15-28)38-30-16-10-11-26(23-30)25-42-21-19-41(2)20-22-42/h4-18,23-24,32,38H,3,19-22,25H2,1-2H3,(H,39,43)(H,40,44)/t32-/m1/s1. The van der Waals surface area contributed by atoms with Gasteiger partial charge >= 0.3 is 0 Å². The van der Waals surface area contributed by atoms with E-state index in [9.17, 15) is 9.59 Å². The molecule has 0 aliphatic carbocycles. The minimum absolute atomic E-state index is 0.105. The Labute approximate surface area is 259 Å². The van der Waals surface area contributed by atoms with Gasteiger partial charge in [0, 0.05) is 55.2 Å². The molecule has 4 aromatic rings. The van der Waals surface area contributed by atoms with E-state index < -0.39 is 0 Å². The van der Waals surface area contributed by atoms with Crippen LogP contribution in [-0.4, -0.2) is 54.8 Å². The van der Waals surface area contributed by atoms with Crippen molar-refractivity contribution in [3.05, 3.63) is 131 Å². The first-order valence-corrected chi connectivity index (χ1v) is 15.4. The average molecular weight is 586 g/mol. The first-order valence-electron chi connectivity index (χ1n) is 15.4. The van der Waals surface area contributed by atoms with Crippen molar-refractivity contribution in [3.63, 3.8) is 0 Å². The molecule has 1 atom stereocenters. The van der Waals surface area contributed by atoms with Crippen LogP contribution < -0.4 is 16.0 Å². The summed E-state index contributed by atoms with van der Waals surface area (Å²) in [6, 6.07) is 33.6. The normalized spacial score (nSPS) is 17.0. The van der Waals surface area contributed by atoms with Crippen LogP contribution in [0, 0.1) is 0 Å². The zero-order chi connectivity index (χ0) is 30.5. The Bertz CT molecular complexity index is 1660. The van der Waals surface area contributed by atoms with Crippen LogP contribution in [0.3, 0.4) is 0 Å². The number of rotatable bonds is 9. The third kappa shape index (κ3) is 6.59. The molecule has 0 aromatic heterocycles. The summed E-state index contributed by atoms with van der Waals surface area (Å²) >= 11 is 0. The zero-order valence-electron chi connectivity index (χ0n) is 25.3. The van der Waals surface area contributed by atoms with Gasteiger partial charge in [-0.15, -0.1) is 0 Å². The maximum absolute atomic E-state index is 13.6. The van der Waals surface area contributed by atoms with Crippen LogP contribution in [0.15, 0.2) is 103 Å². The molecule has 0 radical (unpaired) electrons. The van der Waals surface area contributed by atoms with E-state index in [0.717, 1.165) is 56.0 Å². The van der Waals surface area contributed by atoms with Crippen LogP contribution in [0.5, 0.6) is 0 Å². The summed E-state index contributed by atoms with van der Waals surface area (Å²) < 4.78 is 0. The lowest BCUT2D eigenvalue weighted by Gasteiger charge is -2.32. The van der Waals surface area contributed by atoms with Gasteiger partial charge in [0.05, 0.1) is 17.3 Å². The summed E-state index contributed by atoms with van der Waals surface area (Å²) in [7, 11) is 2.17. The highest BCUT2D eigenvalue weighted by Gasteiger charge is 2.30. The van der Waals surface area contributed by atoms with Gasteiger partial charge in [0.1, 0.15) is 0 Å². The van der Waals surface area contributed by atoms with Gasteiger partial charge in [-0.3, -0.25) is 14.5 Å². The molecule has 44 heavy (non-hydrogen) atoms. The fraction of sp³-hybridized carbons (Fsp3) is 0.243. The Kier molecular flexibility index (Phi) is 8.86. The lowest BCUT2D eigenvalue weighted by Crippen LogP contribution is -2.43. The molecular formula is C37H39N5O2. The highest BCUT2D eigenvalue weighted by Crippen LogP contribution is 2.38. The fourth-order valence-electron chi connectivity index (χ4n) is 5.94. The van der Waals surface area contributed by atoms with E-state index in [2.05, 4.69) is 57.9 Å². The molecule has 0 spiro atoms. The number of nitrogens with zero attached hydrogens (tertiary/aromatic N) is 2. The third-order valence-electron chi connectivity index (χ3n) is 8.45. The second-order valence-corrected chi connectivity index (χ2v) is 11.6. The number of piperazine rings is 1. The predicted octanol–water partition coefficient (Wildman–Crippen LogP) is 6.25. The summed E-state index contributed by atoms with van der Waals surface area (Å²) in [5, 5.41) is 9.79. The summed E-state index contributed by atoms with van der Waals surface area (Å²) in [4.78, 5) is 31.9. The van der Waals surface area contributed by atoms with Gasteiger partial charge in [0.25, 0.3) is 11.8 Å². The third-order valence-corrected chi connectivity index (χ3v) is 8.45. The summed E-state index contributed by atoms with van der Waals surface area (Å²) in [5.74, 6) is -0.374. The monoisotopic (exact) mass is 585 g/mol. The molecule has 2 aliphatic heterocycles. The second kappa shape index (κ2) is 13.3. The number of likely N-dealkylation sites (N-methyl/N-ethyl adjacent to an activating group) is 1. The minimum atomic E-state index is -0.201. The van der Waals surface area contributed by atoms with Gasteiger partial charge in [-0.05, 0) is 60.5 Å². The van der Waals surface area contributed by atoms with Crippen molar-refractivity contribution >= 4 is 34.5 Å². The highest BCUT2D eigenvalue weighted by molar-refractivity contribution is 6.37. The highest BCUT2D eigenvalue weighted by atomic mass is 16.2. The molecule has 4 aromatic carbocycles. The molecule has 1 fully saturated rings. The van der Waals surface area contributed by atoms with Crippen molar-refractivity contribution in [1.29, 1.82) is 0 Å². The SMILES string of the molecule is CC[C@@H](NC(=O)c1ccc2c(c1)C(=C(Nc1cccc(CN3CCN(C)CC3)c1)c1ccccc1)C(=O)N2)c1ccccc1. The second-order valence-electron chi connectivity index (χ2n) is 11.6. The fourth-order valence-corrected chi connectivity index (χ4v) is 5.94. The van der Waals surface area contributed by atoms with Gasteiger partial charge in [-0.25, -0.2) is 0 Å². The topological polar surface area (TPSA) is 76.7 Å². The maximum Gasteiger partial charge on any atom is 0.258 e. The number of hydrogen-bond donors (Lipinski definition) is 3. The first-order chi connectivity index (χ1) is 21.5. The van der Waals surface area contributed by atoms with Crippen LogP contribution in [0.2, 0.25) is 0 Å². The first kappa shape index (κ1) is 29.4. The van der Waals surface area contributed by atoms with Crippen molar-refractivity contribution in [3.8, 4) is 0 Å². The van der Waals surface area contributed by atoms with Crippen LogP contribution in [0.1, 0.15) is 52.0 Å². The van der Waals surface area contributed by atoms with Gasteiger partial charge < -0.3 is 20.9 Å². The lowest BCUT2D eigenvalue weighted by molar-refractivity contribution is -0.110. The number of fused-ring (bicyclic) bond motifs is 1. The molecule has 2 aliphatic rings. The molecule has 224 valence electrons. The van der Waals surface area contributed by atoms with Crippen molar-refractivity contribution in [2.75, 3.05) is 43.9 Å². The number of carbonyl (C=O) groups is 2. The van der Waals surface area contributed by atoms with Crippen molar-refractivity contribution in [2.45, 2.75) is 25.9 Å². The Hall–Kier alpha value is -4.72. The average Bonchev–Trinajstić information content (AvgIpc) is 3.39. The molecule has 1 saturated heterocycles. The minimum Gasteiger partial charge on any atom is -0.354 e. The summed E-state index contributed by atoms with van der Waals surface area (Å²) in [6.07, 6.45) is 0.766. The number of hydrogen-bond acceptors (Lipinski definition) is 5. The number of nitrogens with one attached hydrogen (secondary N) is 3. The van der Waals surface area contributed by atoms with Crippen LogP contribution in [-0.2, 0) is 11.3 Å². The van der Waals surface area contributed by atoms with E-state index in [1.165, 1.54) is 5.56 Å². The number of benzene rings is 4. The molecule has 0 bridgehead atoms. The molecule has 7 nitrogen and oxygen atoms in total. The molecule has 7 heteroatoms. The van der Waals surface area contributed by atoms with Gasteiger partial charge in [-0.1, -0.05) is 79.7 Å². The molecular weight excluding hydrogens is 546 g/mol. The van der Waals surface area contributed by atoms with Crippen molar-refractivity contribution < 1.29 is 9.59 Å². The lowest BCUT2D eigenvalue weighted by atomic mass is 9.97. The Morgan fingerprint density at radius 2 is 1.57 bits per heavy atom. The Morgan fingerprint density at radius 3 is 2.30 bits per heavy atom. The Balaban J connectivity index is 1.32.